The fourth-order valence-electron chi connectivity index (χ4n) is 3.52. The molecule has 142 valence electrons. The van der Waals surface area contributed by atoms with E-state index in [1.54, 1.807) is 18.9 Å². The predicted molar refractivity (Wildman–Crippen MR) is 101 cm³/mol. The minimum absolute atomic E-state index is 0.0305. The van der Waals surface area contributed by atoms with Crippen LogP contribution in [-0.2, 0) is 16.1 Å². The van der Waals surface area contributed by atoms with Crippen LogP contribution in [0, 0.1) is 0 Å². The van der Waals surface area contributed by atoms with Crippen LogP contribution in [0.5, 0.6) is 0 Å². The third kappa shape index (κ3) is 4.59. The van der Waals surface area contributed by atoms with Crippen LogP contribution in [0.2, 0.25) is 0 Å². The topological polar surface area (TPSA) is 70.6 Å². The number of rotatable bonds is 6. The maximum Gasteiger partial charge on any atom is 0.219 e. The highest BCUT2D eigenvalue weighted by molar-refractivity contribution is 5.72. The van der Waals surface area contributed by atoms with Crippen LogP contribution in [0.25, 0.3) is 0 Å². The molecule has 0 aromatic carbocycles. The van der Waals surface area contributed by atoms with Gasteiger partial charge in [-0.05, 0) is 31.4 Å². The molecule has 0 saturated carbocycles. The predicted octanol–water partition coefficient (Wildman–Crippen LogP) is 1.98. The summed E-state index contributed by atoms with van der Waals surface area (Å²) in [5.74, 6) is 1.68. The summed E-state index contributed by atoms with van der Waals surface area (Å²) in [5.41, 5.74) is 2.22. The van der Waals surface area contributed by atoms with E-state index in [0.29, 0.717) is 6.54 Å². The maximum atomic E-state index is 11.6. The van der Waals surface area contributed by atoms with Gasteiger partial charge < -0.3 is 15.0 Å². The lowest BCUT2D eigenvalue weighted by Gasteiger charge is -2.26. The van der Waals surface area contributed by atoms with Crippen molar-refractivity contribution in [1.29, 1.82) is 0 Å². The molecular formula is C19H29N5O2. The number of aromatic nitrogens is 2. The minimum atomic E-state index is 0.0305. The number of carbonyl (C=O) groups excluding carboxylic acids is 1. The number of anilines is 1. The number of ether oxygens (including phenoxy) is 1. The molecule has 1 N–H and O–H groups in total. The smallest absolute Gasteiger partial charge is 0.219 e. The van der Waals surface area contributed by atoms with E-state index in [1.165, 1.54) is 5.57 Å². The lowest BCUT2D eigenvalue weighted by molar-refractivity contribution is -0.128. The van der Waals surface area contributed by atoms with Crippen LogP contribution in [-0.4, -0.2) is 66.1 Å². The molecule has 7 heteroatoms. The lowest BCUT2D eigenvalue weighted by atomic mass is 10.1. The van der Waals surface area contributed by atoms with Gasteiger partial charge in [0.25, 0.3) is 0 Å². The summed E-state index contributed by atoms with van der Waals surface area (Å²) < 4.78 is 5.58. The number of amides is 1. The average molecular weight is 359 g/mol. The molecule has 1 fully saturated rings. The number of nitrogens with one attached hydrogen (secondary N) is 1. The number of likely N-dealkylation sites (tertiary alicyclic amines) is 1. The van der Waals surface area contributed by atoms with Gasteiger partial charge in [-0.25, -0.2) is 9.97 Å². The van der Waals surface area contributed by atoms with Crippen LogP contribution >= 0.6 is 0 Å². The average Bonchev–Trinajstić information content (AvgIpc) is 3.10. The first-order valence-corrected chi connectivity index (χ1v) is 9.34. The molecule has 0 spiro atoms. The van der Waals surface area contributed by atoms with Crippen LogP contribution in [0.1, 0.15) is 43.7 Å². The Kier molecular flexibility index (Phi) is 6.21. The number of hydrogen-bond acceptors (Lipinski definition) is 6. The van der Waals surface area contributed by atoms with Crippen LogP contribution < -0.4 is 5.32 Å². The Morgan fingerprint density at radius 3 is 3.00 bits per heavy atom. The Morgan fingerprint density at radius 2 is 2.31 bits per heavy atom. The van der Waals surface area contributed by atoms with Gasteiger partial charge in [0.15, 0.2) is 0 Å². The zero-order valence-corrected chi connectivity index (χ0v) is 16.0. The van der Waals surface area contributed by atoms with Gasteiger partial charge in [0.2, 0.25) is 5.91 Å². The summed E-state index contributed by atoms with van der Waals surface area (Å²) in [6, 6.07) is 2.13. The molecule has 1 saturated heterocycles. The van der Waals surface area contributed by atoms with Crippen molar-refractivity contribution >= 4 is 11.7 Å². The Morgan fingerprint density at radius 1 is 1.46 bits per heavy atom. The Hall–Kier alpha value is -1.99. The van der Waals surface area contributed by atoms with Crippen molar-refractivity contribution in [1.82, 2.24) is 19.8 Å². The standard InChI is InChI=1S/C19H29N5O2/c1-14(25)23(3)12-16-10-18(20-2)22-19(21-16)17-7-4-8-24(17)11-15-6-5-9-26-13-15/h6,10,17H,4-5,7-9,11-13H2,1-3H3,(H,20,21,22)/t17-/m0/s1. The normalized spacial score (nSPS) is 20.7. The van der Waals surface area contributed by atoms with Crippen LogP contribution in [0.4, 0.5) is 5.82 Å². The highest BCUT2D eigenvalue weighted by Gasteiger charge is 2.29. The summed E-state index contributed by atoms with van der Waals surface area (Å²) in [5, 5.41) is 3.13. The number of nitrogens with zero attached hydrogens (tertiary/aromatic N) is 4. The van der Waals surface area contributed by atoms with Crippen molar-refractivity contribution in [3.8, 4) is 0 Å². The van der Waals surface area contributed by atoms with Crippen molar-refractivity contribution in [3.05, 3.63) is 29.2 Å². The van der Waals surface area contributed by atoms with Gasteiger partial charge in [-0.3, -0.25) is 9.69 Å². The third-order valence-corrected chi connectivity index (χ3v) is 5.04. The van der Waals surface area contributed by atoms with Crippen molar-refractivity contribution in [2.24, 2.45) is 0 Å². The lowest BCUT2D eigenvalue weighted by Crippen LogP contribution is -2.29. The molecule has 1 aromatic heterocycles. The van der Waals surface area contributed by atoms with E-state index in [1.807, 2.05) is 13.1 Å². The zero-order chi connectivity index (χ0) is 18.5. The minimum Gasteiger partial charge on any atom is -0.377 e. The fraction of sp³-hybridized carbons (Fsp3) is 0.632. The third-order valence-electron chi connectivity index (χ3n) is 5.04. The van der Waals surface area contributed by atoms with Gasteiger partial charge >= 0.3 is 0 Å². The molecule has 1 atom stereocenters. The highest BCUT2D eigenvalue weighted by atomic mass is 16.5. The molecule has 2 aliphatic heterocycles. The SMILES string of the molecule is CNc1cc(CN(C)C(C)=O)nc([C@@H]2CCCN2CC2=CCCOC2)n1. The second-order valence-corrected chi connectivity index (χ2v) is 7.06. The summed E-state index contributed by atoms with van der Waals surface area (Å²) in [7, 11) is 3.65. The van der Waals surface area contributed by atoms with E-state index in [-0.39, 0.29) is 11.9 Å². The van der Waals surface area contributed by atoms with Crippen molar-refractivity contribution in [2.75, 3.05) is 45.7 Å². The first-order valence-electron chi connectivity index (χ1n) is 9.34. The van der Waals surface area contributed by atoms with E-state index >= 15 is 0 Å². The van der Waals surface area contributed by atoms with E-state index in [0.717, 1.165) is 62.9 Å². The summed E-state index contributed by atoms with van der Waals surface area (Å²) >= 11 is 0. The quantitative estimate of drug-likeness (QED) is 0.783. The molecule has 0 radical (unpaired) electrons. The molecule has 1 aromatic rings. The van der Waals surface area contributed by atoms with Crippen LogP contribution in [0.15, 0.2) is 17.7 Å². The molecule has 26 heavy (non-hydrogen) atoms. The second-order valence-electron chi connectivity index (χ2n) is 7.06. The van der Waals surface area contributed by atoms with Crippen molar-refractivity contribution in [3.63, 3.8) is 0 Å². The first-order chi connectivity index (χ1) is 12.6. The van der Waals surface area contributed by atoms with Gasteiger partial charge in [-0.15, -0.1) is 0 Å². The van der Waals surface area contributed by atoms with Crippen molar-refractivity contribution < 1.29 is 9.53 Å². The van der Waals surface area contributed by atoms with E-state index in [2.05, 4.69) is 16.3 Å². The van der Waals surface area contributed by atoms with Gasteiger partial charge in [0, 0.05) is 33.6 Å². The van der Waals surface area contributed by atoms with E-state index in [4.69, 9.17) is 14.7 Å². The first kappa shape index (κ1) is 18.8. The Balaban J connectivity index is 1.79. The Bertz CT molecular complexity index is 676. The molecule has 3 heterocycles. The molecule has 2 aliphatic rings. The monoisotopic (exact) mass is 359 g/mol. The molecule has 7 nitrogen and oxygen atoms in total. The van der Waals surface area contributed by atoms with Crippen molar-refractivity contribution in [2.45, 2.75) is 38.8 Å². The highest BCUT2D eigenvalue weighted by Crippen LogP contribution is 2.31. The zero-order valence-electron chi connectivity index (χ0n) is 16.0. The van der Waals surface area contributed by atoms with Gasteiger partial charge in [0.05, 0.1) is 31.5 Å². The fourth-order valence-corrected chi connectivity index (χ4v) is 3.52. The molecule has 1 amide bonds. The molecule has 0 unspecified atom stereocenters. The molecule has 0 aliphatic carbocycles. The Labute approximate surface area is 155 Å². The van der Waals surface area contributed by atoms with E-state index in [9.17, 15) is 4.79 Å². The molecule has 3 rings (SSSR count). The largest absolute Gasteiger partial charge is 0.377 e. The van der Waals surface area contributed by atoms with E-state index < -0.39 is 0 Å². The van der Waals surface area contributed by atoms with Gasteiger partial charge in [0.1, 0.15) is 11.6 Å². The number of carbonyl (C=O) groups is 1. The van der Waals surface area contributed by atoms with Crippen LogP contribution in [0.3, 0.4) is 0 Å². The molecule has 0 bridgehead atoms. The summed E-state index contributed by atoms with van der Waals surface area (Å²) in [6.07, 6.45) is 5.51. The molecular weight excluding hydrogens is 330 g/mol. The summed E-state index contributed by atoms with van der Waals surface area (Å²) in [4.78, 5) is 25.2. The maximum absolute atomic E-state index is 11.6. The number of hydrogen-bond donors (Lipinski definition) is 1. The van der Waals surface area contributed by atoms with Gasteiger partial charge in [-0.2, -0.15) is 0 Å². The second kappa shape index (κ2) is 8.60. The van der Waals surface area contributed by atoms with Gasteiger partial charge in [-0.1, -0.05) is 6.08 Å². The summed E-state index contributed by atoms with van der Waals surface area (Å²) in [6.45, 7) is 5.59.